The lowest BCUT2D eigenvalue weighted by atomic mass is 10.2. The Morgan fingerprint density at radius 1 is 1.03 bits per heavy atom. The fourth-order valence-corrected chi connectivity index (χ4v) is 3.98. The number of amides is 1. The van der Waals surface area contributed by atoms with Crippen molar-refractivity contribution < 1.29 is 9.53 Å². The monoisotopic (exact) mass is 458 g/mol. The highest BCUT2D eigenvalue weighted by atomic mass is 16.5. The minimum absolute atomic E-state index is 0.112. The van der Waals surface area contributed by atoms with Gasteiger partial charge in [0.25, 0.3) is 0 Å². The third-order valence-corrected chi connectivity index (χ3v) is 5.57. The van der Waals surface area contributed by atoms with Crippen LogP contribution in [0.4, 0.5) is 22.7 Å². The van der Waals surface area contributed by atoms with Gasteiger partial charge < -0.3 is 25.2 Å². The van der Waals surface area contributed by atoms with Crippen LogP contribution in [-0.4, -0.2) is 59.7 Å². The maximum absolute atomic E-state index is 11.8. The number of benzene rings is 2. The summed E-state index contributed by atoms with van der Waals surface area (Å²) < 4.78 is 7.21. The number of hydrogen-bond donors (Lipinski definition) is 2. The lowest BCUT2D eigenvalue weighted by Gasteiger charge is -2.33. The molecule has 5 rings (SSSR count). The van der Waals surface area contributed by atoms with Crippen molar-refractivity contribution in [2.75, 3.05) is 46.7 Å². The Balaban J connectivity index is 1.41. The lowest BCUT2D eigenvalue weighted by Crippen LogP contribution is -2.38. The van der Waals surface area contributed by atoms with Gasteiger partial charge in [0.2, 0.25) is 5.91 Å². The second-order valence-corrected chi connectivity index (χ2v) is 7.98. The van der Waals surface area contributed by atoms with Gasteiger partial charge in [-0.25, -0.2) is 9.67 Å². The topological polar surface area (TPSA) is 99.9 Å². The van der Waals surface area contributed by atoms with Crippen LogP contribution in [0.2, 0.25) is 0 Å². The van der Waals surface area contributed by atoms with Gasteiger partial charge in [-0.05, 0) is 48.5 Å². The Hall–Kier alpha value is -4.18. The van der Waals surface area contributed by atoms with Gasteiger partial charge in [0.05, 0.1) is 31.3 Å². The number of ether oxygens (including phenoxy) is 1. The molecule has 2 N–H and O–H groups in total. The smallest absolute Gasteiger partial charge is 0.221 e. The molecule has 0 saturated carbocycles. The summed E-state index contributed by atoms with van der Waals surface area (Å²) in [6.07, 6.45) is 8.74. The highest BCUT2D eigenvalue weighted by molar-refractivity contribution is 5.90. The van der Waals surface area contributed by atoms with E-state index in [1.165, 1.54) is 6.92 Å². The summed E-state index contributed by atoms with van der Waals surface area (Å²) in [4.78, 5) is 20.7. The van der Waals surface area contributed by atoms with Gasteiger partial charge in [0.1, 0.15) is 0 Å². The summed E-state index contributed by atoms with van der Waals surface area (Å²) >= 11 is 0. The zero-order valence-corrected chi connectivity index (χ0v) is 18.8. The largest absolute Gasteiger partial charge is 0.378 e. The van der Waals surface area contributed by atoms with Crippen molar-refractivity contribution in [3.05, 3.63) is 67.1 Å². The number of aromatic nitrogens is 3. The van der Waals surface area contributed by atoms with Crippen LogP contribution < -0.4 is 20.4 Å². The number of carbonyl (C=O) groups excluding carboxylic acids is 1. The van der Waals surface area contributed by atoms with E-state index in [1.807, 2.05) is 53.6 Å². The number of morpholine rings is 1. The van der Waals surface area contributed by atoms with Crippen LogP contribution in [0.25, 0.3) is 5.69 Å². The third kappa shape index (κ3) is 4.91. The second-order valence-electron chi connectivity index (χ2n) is 7.98. The number of carbonyl (C=O) groups is 1. The van der Waals surface area contributed by atoms with Gasteiger partial charge in [-0.15, -0.1) is 5.10 Å². The molecule has 0 radical (unpaired) electrons. The molecule has 0 aliphatic carbocycles. The maximum Gasteiger partial charge on any atom is 0.221 e. The Bertz CT molecular complexity index is 1180. The van der Waals surface area contributed by atoms with Crippen molar-refractivity contribution in [2.24, 2.45) is 4.99 Å². The Kier molecular flexibility index (Phi) is 6.21. The summed E-state index contributed by atoms with van der Waals surface area (Å²) in [5.74, 6) is -0.112. The van der Waals surface area contributed by atoms with Crippen LogP contribution >= 0.6 is 0 Å². The van der Waals surface area contributed by atoms with Crippen molar-refractivity contribution in [1.82, 2.24) is 15.0 Å². The van der Waals surface area contributed by atoms with Gasteiger partial charge in [-0.3, -0.25) is 4.79 Å². The molecule has 2 aliphatic rings. The predicted octanol–water partition coefficient (Wildman–Crippen LogP) is 2.86. The van der Waals surface area contributed by atoms with E-state index in [0.717, 1.165) is 41.5 Å². The summed E-state index contributed by atoms with van der Waals surface area (Å²) in [6.45, 7) is 4.48. The van der Waals surface area contributed by atoms with E-state index in [9.17, 15) is 4.79 Å². The molecule has 0 bridgehead atoms. The van der Waals surface area contributed by atoms with Gasteiger partial charge in [0, 0.05) is 55.2 Å². The molecule has 0 spiro atoms. The first kappa shape index (κ1) is 21.7. The molecule has 174 valence electrons. The number of nitrogens with zero attached hydrogens (tertiary/aromatic N) is 6. The number of nitrogens with one attached hydrogen (secondary N) is 2. The third-order valence-electron chi connectivity index (χ3n) is 5.57. The zero-order valence-electron chi connectivity index (χ0n) is 18.8. The molecule has 1 atom stereocenters. The van der Waals surface area contributed by atoms with Gasteiger partial charge in [-0.1, -0.05) is 5.21 Å². The molecule has 10 heteroatoms. The molecule has 1 saturated heterocycles. The van der Waals surface area contributed by atoms with Crippen LogP contribution in [0.3, 0.4) is 0 Å². The Labute approximate surface area is 197 Å². The van der Waals surface area contributed by atoms with E-state index in [1.54, 1.807) is 23.3 Å². The molecule has 10 nitrogen and oxygen atoms in total. The van der Waals surface area contributed by atoms with Crippen molar-refractivity contribution in [3.63, 3.8) is 0 Å². The molecule has 1 unspecified atom stereocenters. The first-order valence-corrected chi connectivity index (χ1v) is 11.1. The Morgan fingerprint density at radius 3 is 2.56 bits per heavy atom. The van der Waals surface area contributed by atoms with E-state index in [-0.39, 0.29) is 12.2 Å². The summed E-state index contributed by atoms with van der Waals surface area (Å²) in [5, 5.41) is 14.3. The van der Waals surface area contributed by atoms with E-state index in [0.29, 0.717) is 13.2 Å². The van der Waals surface area contributed by atoms with E-state index >= 15 is 0 Å². The number of allylic oxidation sites excluding steroid dienone is 1. The highest BCUT2D eigenvalue weighted by Gasteiger charge is 2.21. The second kappa shape index (κ2) is 9.75. The molecule has 1 amide bonds. The maximum atomic E-state index is 11.8. The molecule has 2 aromatic carbocycles. The molecule has 3 aromatic rings. The van der Waals surface area contributed by atoms with E-state index in [2.05, 4.69) is 36.9 Å². The van der Waals surface area contributed by atoms with Gasteiger partial charge >= 0.3 is 0 Å². The fraction of sp³-hybridized carbons (Fsp3) is 0.250. The Morgan fingerprint density at radius 2 is 1.82 bits per heavy atom. The number of rotatable bonds is 6. The first-order chi connectivity index (χ1) is 16.7. The number of hydrogen-bond acceptors (Lipinski definition) is 8. The summed E-state index contributed by atoms with van der Waals surface area (Å²) in [5.41, 5.74) is 4.52. The van der Waals surface area contributed by atoms with Crippen LogP contribution in [0.1, 0.15) is 6.92 Å². The molecular weight excluding hydrogens is 432 g/mol. The van der Waals surface area contributed by atoms with Crippen molar-refractivity contribution in [2.45, 2.75) is 13.2 Å². The molecule has 3 heterocycles. The quantitative estimate of drug-likeness (QED) is 0.586. The average Bonchev–Trinajstić information content (AvgIpc) is 3.40. The first-order valence-electron chi connectivity index (χ1n) is 11.1. The molecular formula is C24H26N8O2. The predicted molar refractivity (Wildman–Crippen MR) is 133 cm³/mol. The summed E-state index contributed by atoms with van der Waals surface area (Å²) in [6, 6.07) is 14.0. The van der Waals surface area contributed by atoms with Crippen molar-refractivity contribution in [1.29, 1.82) is 0 Å². The van der Waals surface area contributed by atoms with E-state index in [4.69, 9.17) is 4.74 Å². The van der Waals surface area contributed by atoms with Crippen molar-refractivity contribution in [3.8, 4) is 5.69 Å². The van der Waals surface area contributed by atoms with Crippen LogP contribution in [-0.2, 0) is 9.53 Å². The van der Waals surface area contributed by atoms with Gasteiger partial charge in [-0.2, -0.15) is 0 Å². The van der Waals surface area contributed by atoms with E-state index < -0.39 is 0 Å². The minimum atomic E-state index is -0.354. The van der Waals surface area contributed by atoms with Crippen LogP contribution in [0.15, 0.2) is 72.1 Å². The number of aliphatic imine (C=N–C) groups is 1. The van der Waals surface area contributed by atoms with Crippen LogP contribution in [0.5, 0.6) is 0 Å². The lowest BCUT2D eigenvalue weighted by molar-refractivity contribution is -0.114. The standard InChI is InChI=1S/C24H26N8O2/c1-18(33)27-20-15-22(30-11-13-34-14-12-30)17-23(16-20)31-9-2-7-25-24(31)28-19-3-5-21(6-4-19)32-10-8-26-29-32/h2-10,15-17,24,28H,11-14H2,1H3,(H,27,33). The number of anilines is 4. The average molecular weight is 459 g/mol. The molecule has 1 fully saturated rings. The fourth-order valence-electron chi connectivity index (χ4n) is 3.98. The van der Waals surface area contributed by atoms with Crippen LogP contribution in [0, 0.1) is 0 Å². The SMILES string of the molecule is CC(=O)Nc1cc(N2CCOCC2)cc(N2C=CC=NC2Nc2ccc(-n3ccnn3)cc2)c1. The van der Waals surface area contributed by atoms with Crippen molar-refractivity contribution >= 4 is 34.9 Å². The highest BCUT2D eigenvalue weighted by Crippen LogP contribution is 2.31. The normalized spacial score (nSPS) is 17.6. The molecule has 2 aliphatic heterocycles. The zero-order chi connectivity index (χ0) is 23.3. The minimum Gasteiger partial charge on any atom is -0.378 e. The molecule has 1 aromatic heterocycles. The summed E-state index contributed by atoms with van der Waals surface area (Å²) in [7, 11) is 0. The van der Waals surface area contributed by atoms with Gasteiger partial charge in [0.15, 0.2) is 6.29 Å². The molecule has 34 heavy (non-hydrogen) atoms.